The average molecular weight is 285 g/mol. The van der Waals surface area contributed by atoms with E-state index >= 15 is 0 Å². The minimum Gasteiger partial charge on any atom is -0.380 e. The van der Waals surface area contributed by atoms with Crippen molar-refractivity contribution in [1.82, 2.24) is 4.90 Å². The molecule has 0 aliphatic carbocycles. The highest BCUT2D eigenvalue weighted by Crippen LogP contribution is 2.20. The lowest BCUT2D eigenvalue weighted by atomic mass is 9.93. The third-order valence-electron chi connectivity index (χ3n) is 3.60. The molecule has 0 spiro atoms. The molecule has 1 heterocycles. The first-order chi connectivity index (χ1) is 9.16. The summed E-state index contributed by atoms with van der Waals surface area (Å²) in [6.07, 6.45) is 3.88. The molecule has 0 radical (unpaired) electrons. The molecule has 1 saturated heterocycles. The smallest absolute Gasteiger partial charge is 0.0606 e. The van der Waals surface area contributed by atoms with E-state index in [1.165, 1.54) is 0 Å². The molecule has 0 aromatic rings. The molecule has 3 heteroatoms. The molecule has 3 nitrogen and oxygen atoms in total. The van der Waals surface area contributed by atoms with Gasteiger partial charge in [-0.3, -0.25) is 0 Å². The van der Waals surface area contributed by atoms with Crippen LogP contribution in [0.1, 0.15) is 60.8 Å². The number of hydrogen-bond acceptors (Lipinski definition) is 3. The Morgan fingerprint density at radius 1 is 0.950 bits per heavy atom. The summed E-state index contributed by atoms with van der Waals surface area (Å²) in [7, 11) is 0. The third kappa shape index (κ3) is 8.93. The van der Waals surface area contributed by atoms with Crippen LogP contribution in [-0.2, 0) is 9.47 Å². The first-order valence-electron chi connectivity index (χ1n) is 8.14. The van der Waals surface area contributed by atoms with Crippen LogP contribution < -0.4 is 0 Å². The first-order valence-corrected chi connectivity index (χ1v) is 8.14. The Balaban J connectivity index is 2.05. The van der Waals surface area contributed by atoms with Crippen molar-refractivity contribution in [2.45, 2.75) is 72.5 Å². The Bertz CT molecular complexity index is 257. The SMILES string of the molecule is CC(C)(C)CCOCCN1CCC(OC(C)(C)C)CC1. The van der Waals surface area contributed by atoms with Gasteiger partial charge in [0.25, 0.3) is 0 Å². The summed E-state index contributed by atoms with van der Waals surface area (Å²) in [6, 6.07) is 0. The third-order valence-corrected chi connectivity index (χ3v) is 3.60. The summed E-state index contributed by atoms with van der Waals surface area (Å²) in [5.41, 5.74) is 0.367. The molecule has 0 aromatic heterocycles. The second-order valence-corrected chi connectivity index (χ2v) is 8.19. The van der Waals surface area contributed by atoms with Crippen LogP contribution in [0.3, 0.4) is 0 Å². The second kappa shape index (κ2) is 7.77. The van der Waals surface area contributed by atoms with E-state index in [0.29, 0.717) is 11.5 Å². The van der Waals surface area contributed by atoms with Crippen LogP contribution >= 0.6 is 0 Å². The van der Waals surface area contributed by atoms with Gasteiger partial charge in [-0.05, 0) is 45.4 Å². The van der Waals surface area contributed by atoms with Gasteiger partial charge in [0.1, 0.15) is 0 Å². The molecule has 20 heavy (non-hydrogen) atoms. The fourth-order valence-electron chi connectivity index (χ4n) is 2.42. The molecule has 1 aliphatic rings. The van der Waals surface area contributed by atoms with E-state index < -0.39 is 0 Å². The van der Waals surface area contributed by atoms with Crippen LogP contribution in [0.4, 0.5) is 0 Å². The van der Waals surface area contributed by atoms with E-state index in [1.807, 2.05) is 0 Å². The molecule has 1 aliphatic heterocycles. The van der Waals surface area contributed by atoms with E-state index in [2.05, 4.69) is 46.4 Å². The summed E-state index contributed by atoms with van der Waals surface area (Å²) in [5, 5.41) is 0. The zero-order valence-electron chi connectivity index (χ0n) is 14.5. The van der Waals surface area contributed by atoms with Crippen molar-refractivity contribution < 1.29 is 9.47 Å². The van der Waals surface area contributed by atoms with E-state index in [0.717, 1.165) is 52.1 Å². The maximum absolute atomic E-state index is 6.05. The number of hydrogen-bond donors (Lipinski definition) is 0. The predicted octanol–water partition coefficient (Wildman–Crippen LogP) is 3.72. The normalized spacial score (nSPS) is 19.5. The second-order valence-electron chi connectivity index (χ2n) is 8.19. The summed E-state index contributed by atoms with van der Waals surface area (Å²) in [4.78, 5) is 2.50. The van der Waals surface area contributed by atoms with Gasteiger partial charge in [0.2, 0.25) is 0 Å². The molecule has 0 amide bonds. The van der Waals surface area contributed by atoms with Crippen LogP contribution in [0.5, 0.6) is 0 Å². The number of piperidine rings is 1. The Morgan fingerprint density at radius 2 is 1.55 bits per heavy atom. The molecular weight excluding hydrogens is 250 g/mol. The highest BCUT2D eigenvalue weighted by Gasteiger charge is 2.23. The molecule has 120 valence electrons. The highest BCUT2D eigenvalue weighted by atomic mass is 16.5. The van der Waals surface area contributed by atoms with Gasteiger partial charge in [-0.25, -0.2) is 0 Å². The fraction of sp³-hybridized carbons (Fsp3) is 1.00. The summed E-state index contributed by atoms with van der Waals surface area (Å²) < 4.78 is 11.8. The number of ether oxygens (including phenoxy) is 2. The lowest BCUT2D eigenvalue weighted by Gasteiger charge is -2.35. The molecule has 0 atom stereocenters. The first kappa shape index (κ1) is 17.9. The van der Waals surface area contributed by atoms with Gasteiger partial charge in [0.15, 0.2) is 0 Å². The Kier molecular flexibility index (Phi) is 6.96. The van der Waals surface area contributed by atoms with Crippen molar-refractivity contribution in [2.24, 2.45) is 5.41 Å². The minimum atomic E-state index is -0.0110. The predicted molar refractivity (Wildman–Crippen MR) is 85.2 cm³/mol. The zero-order chi connectivity index (χ0) is 15.2. The topological polar surface area (TPSA) is 21.7 Å². The molecule has 0 unspecified atom stereocenters. The molecule has 0 N–H and O–H groups in total. The lowest BCUT2D eigenvalue weighted by Crippen LogP contribution is -2.41. The summed E-state index contributed by atoms with van der Waals surface area (Å²) in [5.74, 6) is 0. The Hall–Kier alpha value is -0.120. The van der Waals surface area contributed by atoms with E-state index in [-0.39, 0.29) is 5.60 Å². The average Bonchev–Trinajstić information content (AvgIpc) is 2.27. The maximum Gasteiger partial charge on any atom is 0.0606 e. The van der Waals surface area contributed by atoms with Crippen molar-refractivity contribution in [2.75, 3.05) is 32.8 Å². The fourth-order valence-corrected chi connectivity index (χ4v) is 2.42. The van der Waals surface area contributed by atoms with E-state index in [9.17, 15) is 0 Å². The van der Waals surface area contributed by atoms with Crippen LogP contribution in [0.2, 0.25) is 0 Å². The number of rotatable bonds is 6. The van der Waals surface area contributed by atoms with Gasteiger partial charge in [-0.1, -0.05) is 20.8 Å². The van der Waals surface area contributed by atoms with Crippen LogP contribution in [0.25, 0.3) is 0 Å². The van der Waals surface area contributed by atoms with Crippen LogP contribution in [0.15, 0.2) is 0 Å². The van der Waals surface area contributed by atoms with Crippen molar-refractivity contribution in [3.05, 3.63) is 0 Å². The van der Waals surface area contributed by atoms with Crippen molar-refractivity contribution in [1.29, 1.82) is 0 Å². The molecule has 1 rings (SSSR count). The molecule has 0 bridgehead atoms. The van der Waals surface area contributed by atoms with Gasteiger partial charge in [-0.15, -0.1) is 0 Å². The molecular formula is C17H35NO2. The van der Waals surface area contributed by atoms with Crippen molar-refractivity contribution in [3.63, 3.8) is 0 Å². The summed E-state index contributed by atoms with van der Waals surface area (Å²) in [6.45, 7) is 18.3. The standard InChI is InChI=1S/C17H35NO2/c1-16(2,3)9-13-19-14-12-18-10-7-15(8-11-18)20-17(4,5)6/h15H,7-14H2,1-6H3. The van der Waals surface area contributed by atoms with Gasteiger partial charge < -0.3 is 14.4 Å². The van der Waals surface area contributed by atoms with Crippen LogP contribution in [0, 0.1) is 5.41 Å². The summed E-state index contributed by atoms with van der Waals surface area (Å²) >= 11 is 0. The lowest BCUT2D eigenvalue weighted by molar-refractivity contribution is -0.0834. The zero-order valence-corrected chi connectivity index (χ0v) is 14.5. The maximum atomic E-state index is 6.05. The number of likely N-dealkylation sites (tertiary alicyclic amines) is 1. The largest absolute Gasteiger partial charge is 0.380 e. The Morgan fingerprint density at radius 3 is 2.05 bits per heavy atom. The van der Waals surface area contributed by atoms with Crippen LogP contribution in [-0.4, -0.2) is 49.5 Å². The molecule has 1 fully saturated rings. The Labute approximate surface area is 126 Å². The van der Waals surface area contributed by atoms with E-state index in [1.54, 1.807) is 0 Å². The quantitative estimate of drug-likeness (QED) is 0.694. The van der Waals surface area contributed by atoms with Crippen molar-refractivity contribution >= 4 is 0 Å². The van der Waals surface area contributed by atoms with Gasteiger partial charge in [0, 0.05) is 26.2 Å². The highest BCUT2D eigenvalue weighted by molar-refractivity contribution is 4.75. The monoisotopic (exact) mass is 285 g/mol. The van der Waals surface area contributed by atoms with Crippen molar-refractivity contribution in [3.8, 4) is 0 Å². The van der Waals surface area contributed by atoms with E-state index in [4.69, 9.17) is 9.47 Å². The minimum absolute atomic E-state index is 0.0110. The van der Waals surface area contributed by atoms with Gasteiger partial charge >= 0.3 is 0 Å². The molecule has 0 saturated carbocycles. The number of nitrogens with zero attached hydrogens (tertiary/aromatic N) is 1. The van der Waals surface area contributed by atoms with Gasteiger partial charge in [0.05, 0.1) is 18.3 Å². The van der Waals surface area contributed by atoms with Gasteiger partial charge in [-0.2, -0.15) is 0 Å². The molecule has 0 aromatic carbocycles.